The Hall–Kier alpha value is -1.14. The summed E-state index contributed by atoms with van der Waals surface area (Å²) in [5.74, 6) is 0.958. The van der Waals surface area contributed by atoms with Gasteiger partial charge in [-0.25, -0.2) is 9.48 Å². The van der Waals surface area contributed by atoms with Crippen molar-refractivity contribution >= 4 is 0 Å². The number of fused-ring (bicyclic) bond motifs is 1. The van der Waals surface area contributed by atoms with E-state index in [-0.39, 0.29) is 5.69 Å². The van der Waals surface area contributed by atoms with Crippen molar-refractivity contribution in [2.75, 3.05) is 33.7 Å². The van der Waals surface area contributed by atoms with Crippen LogP contribution in [0.2, 0.25) is 0 Å². The topological polar surface area (TPSA) is 55.1 Å². The monoisotopic (exact) mass is 253 g/mol. The maximum Gasteiger partial charge on any atom is 0.345 e. The van der Waals surface area contributed by atoms with Crippen LogP contribution in [0.4, 0.5) is 0 Å². The Balaban J connectivity index is 1.83. The van der Waals surface area contributed by atoms with Gasteiger partial charge in [0.15, 0.2) is 0 Å². The van der Waals surface area contributed by atoms with Crippen molar-refractivity contribution in [1.29, 1.82) is 0 Å². The average Bonchev–Trinajstić information content (AvgIpc) is 2.66. The Morgan fingerprint density at radius 1 is 1.33 bits per heavy atom. The molecule has 0 radical (unpaired) electrons. The fourth-order valence-corrected chi connectivity index (χ4v) is 2.21. The summed E-state index contributed by atoms with van der Waals surface area (Å²) in [6, 6.07) is 0. The number of aryl methyl sites for hydroxylation is 1. The molecular weight excluding hydrogens is 230 g/mol. The van der Waals surface area contributed by atoms with E-state index in [4.69, 9.17) is 0 Å². The normalized spacial score (nSPS) is 15.1. The Morgan fingerprint density at radius 2 is 2.17 bits per heavy atom. The van der Waals surface area contributed by atoms with Crippen LogP contribution in [0.15, 0.2) is 4.79 Å². The molecule has 1 aliphatic heterocycles. The molecule has 0 atom stereocenters. The van der Waals surface area contributed by atoms with E-state index in [1.54, 1.807) is 4.68 Å². The van der Waals surface area contributed by atoms with Gasteiger partial charge < -0.3 is 10.2 Å². The van der Waals surface area contributed by atoms with Gasteiger partial charge in [0.2, 0.25) is 0 Å². The molecule has 0 spiro atoms. The zero-order chi connectivity index (χ0) is 13.0. The third-order valence-corrected chi connectivity index (χ3v) is 3.27. The molecule has 0 bridgehead atoms. The number of nitrogens with one attached hydrogen (secondary N) is 1. The van der Waals surface area contributed by atoms with Crippen molar-refractivity contribution in [3.8, 4) is 0 Å². The summed E-state index contributed by atoms with van der Waals surface area (Å²) >= 11 is 0. The molecule has 2 heterocycles. The van der Waals surface area contributed by atoms with Crippen molar-refractivity contribution in [2.24, 2.45) is 0 Å². The van der Waals surface area contributed by atoms with Crippen LogP contribution in [0, 0.1) is 0 Å². The molecule has 0 saturated heterocycles. The van der Waals surface area contributed by atoms with Crippen LogP contribution in [0.3, 0.4) is 0 Å². The fraction of sp³-hybridized carbons (Fsp3) is 0.833. The third-order valence-electron chi connectivity index (χ3n) is 3.27. The molecule has 1 aromatic rings. The van der Waals surface area contributed by atoms with Gasteiger partial charge in [0.05, 0.1) is 6.54 Å². The van der Waals surface area contributed by atoms with E-state index in [2.05, 4.69) is 29.4 Å². The lowest BCUT2D eigenvalue weighted by molar-refractivity contribution is 0.395. The van der Waals surface area contributed by atoms with Crippen LogP contribution in [0.5, 0.6) is 0 Å². The number of hydrogen-bond donors (Lipinski definition) is 1. The van der Waals surface area contributed by atoms with Crippen molar-refractivity contribution in [1.82, 2.24) is 24.6 Å². The first-order chi connectivity index (χ1) is 8.68. The van der Waals surface area contributed by atoms with Gasteiger partial charge in [0, 0.05) is 32.6 Å². The Bertz CT molecular complexity index is 434. The minimum Gasteiger partial charge on any atom is -0.314 e. The lowest BCUT2D eigenvalue weighted by atomic mass is 10.2. The van der Waals surface area contributed by atoms with E-state index < -0.39 is 0 Å². The number of likely N-dealkylation sites (N-methyl/N-ethyl adjacent to an activating group) is 1. The molecule has 102 valence electrons. The standard InChI is InChI=1S/C12H23N5O/c1-15(2)9-6-13-7-10-17-12(18)16-8-4-3-5-11(16)14-17/h13H,3-10H2,1-2H3. The SMILES string of the molecule is CN(C)CCNCCn1nc2n(c1=O)CCCC2. The molecular formula is C12H23N5O. The van der Waals surface area contributed by atoms with Gasteiger partial charge in [-0.3, -0.25) is 4.57 Å². The summed E-state index contributed by atoms with van der Waals surface area (Å²) in [5, 5.41) is 7.72. The Kier molecular flexibility index (Phi) is 4.54. The summed E-state index contributed by atoms with van der Waals surface area (Å²) in [7, 11) is 4.10. The van der Waals surface area contributed by atoms with E-state index in [0.29, 0.717) is 6.54 Å². The summed E-state index contributed by atoms with van der Waals surface area (Å²) in [6.45, 7) is 4.24. The molecule has 6 nitrogen and oxygen atoms in total. The molecule has 18 heavy (non-hydrogen) atoms. The largest absolute Gasteiger partial charge is 0.345 e. The smallest absolute Gasteiger partial charge is 0.314 e. The molecule has 0 unspecified atom stereocenters. The first-order valence-electron chi connectivity index (χ1n) is 6.70. The second kappa shape index (κ2) is 6.15. The maximum atomic E-state index is 12.0. The predicted molar refractivity (Wildman–Crippen MR) is 70.8 cm³/mol. The van der Waals surface area contributed by atoms with Gasteiger partial charge in [-0.15, -0.1) is 0 Å². The van der Waals surface area contributed by atoms with Crippen molar-refractivity contribution in [2.45, 2.75) is 32.4 Å². The second-order valence-corrected chi connectivity index (χ2v) is 5.08. The Morgan fingerprint density at radius 3 is 2.89 bits per heavy atom. The van der Waals surface area contributed by atoms with Crippen LogP contribution in [-0.4, -0.2) is 53.0 Å². The maximum absolute atomic E-state index is 12.0. The molecule has 1 N–H and O–H groups in total. The van der Waals surface area contributed by atoms with Crippen LogP contribution >= 0.6 is 0 Å². The number of rotatable bonds is 6. The number of aromatic nitrogens is 3. The highest BCUT2D eigenvalue weighted by Crippen LogP contribution is 2.08. The van der Waals surface area contributed by atoms with Crippen LogP contribution in [0.25, 0.3) is 0 Å². The molecule has 2 rings (SSSR count). The zero-order valence-electron chi connectivity index (χ0n) is 11.4. The molecule has 0 fully saturated rings. The summed E-state index contributed by atoms with van der Waals surface area (Å²) in [4.78, 5) is 14.1. The van der Waals surface area contributed by atoms with Crippen molar-refractivity contribution in [3.63, 3.8) is 0 Å². The van der Waals surface area contributed by atoms with E-state index in [0.717, 1.165) is 51.3 Å². The van der Waals surface area contributed by atoms with Crippen molar-refractivity contribution in [3.05, 3.63) is 16.3 Å². The lowest BCUT2D eigenvalue weighted by Gasteiger charge is -2.09. The molecule has 1 aromatic heterocycles. The quantitative estimate of drug-likeness (QED) is 0.697. The molecule has 0 saturated carbocycles. The van der Waals surface area contributed by atoms with Gasteiger partial charge in [0.1, 0.15) is 5.82 Å². The first-order valence-corrected chi connectivity index (χ1v) is 6.70. The van der Waals surface area contributed by atoms with Crippen LogP contribution in [0.1, 0.15) is 18.7 Å². The van der Waals surface area contributed by atoms with Crippen molar-refractivity contribution < 1.29 is 0 Å². The molecule has 0 aliphatic carbocycles. The molecule has 0 aromatic carbocycles. The highest BCUT2D eigenvalue weighted by atomic mass is 16.2. The molecule has 6 heteroatoms. The summed E-state index contributed by atoms with van der Waals surface area (Å²) < 4.78 is 3.42. The number of hydrogen-bond acceptors (Lipinski definition) is 4. The minimum atomic E-state index is 0.0547. The second-order valence-electron chi connectivity index (χ2n) is 5.08. The summed E-state index contributed by atoms with van der Waals surface area (Å²) in [5.41, 5.74) is 0.0547. The van der Waals surface area contributed by atoms with Gasteiger partial charge in [-0.05, 0) is 26.9 Å². The van der Waals surface area contributed by atoms with Crippen LogP contribution < -0.4 is 11.0 Å². The lowest BCUT2D eigenvalue weighted by Crippen LogP contribution is -2.32. The van der Waals surface area contributed by atoms with Gasteiger partial charge >= 0.3 is 5.69 Å². The first kappa shape index (κ1) is 13.3. The number of nitrogens with zero attached hydrogens (tertiary/aromatic N) is 4. The van der Waals surface area contributed by atoms with Gasteiger partial charge in [0.25, 0.3) is 0 Å². The van der Waals surface area contributed by atoms with E-state index in [1.165, 1.54) is 0 Å². The van der Waals surface area contributed by atoms with E-state index >= 15 is 0 Å². The minimum absolute atomic E-state index is 0.0547. The highest BCUT2D eigenvalue weighted by molar-refractivity contribution is 4.91. The third kappa shape index (κ3) is 3.20. The molecule has 1 aliphatic rings. The van der Waals surface area contributed by atoms with Gasteiger partial charge in [-0.1, -0.05) is 0 Å². The van der Waals surface area contributed by atoms with E-state index in [9.17, 15) is 4.79 Å². The predicted octanol–water partition coefficient (Wildman–Crippen LogP) is -0.468. The van der Waals surface area contributed by atoms with Crippen LogP contribution in [-0.2, 0) is 19.5 Å². The van der Waals surface area contributed by atoms with E-state index in [1.807, 2.05) is 4.57 Å². The highest BCUT2D eigenvalue weighted by Gasteiger charge is 2.15. The fourth-order valence-electron chi connectivity index (χ4n) is 2.21. The Labute approximate surface area is 108 Å². The van der Waals surface area contributed by atoms with Gasteiger partial charge in [-0.2, -0.15) is 5.10 Å². The zero-order valence-corrected chi connectivity index (χ0v) is 11.4. The average molecular weight is 253 g/mol. The summed E-state index contributed by atoms with van der Waals surface area (Å²) in [6.07, 6.45) is 3.19. The molecule has 0 amide bonds.